The van der Waals surface area contributed by atoms with Gasteiger partial charge in [0.25, 0.3) is 5.91 Å². The van der Waals surface area contributed by atoms with Gasteiger partial charge in [0.1, 0.15) is 5.75 Å². The third kappa shape index (κ3) is 5.26. The van der Waals surface area contributed by atoms with Crippen molar-refractivity contribution >= 4 is 40.5 Å². The normalized spacial score (nSPS) is 10.8. The number of hydrazone groups is 1. The molecule has 0 spiro atoms. The lowest BCUT2D eigenvalue weighted by atomic mass is 10.0. The SMILES string of the molecule is COc1ccc(C(=O)NN=Cc2c(OC(=O)c3ccccc3Cl)ccc3ccccc23)cc1OC. The lowest BCUT2D eigenvalue weighted by molar-refractivity contribution is 0.0734. The van der Waals surface area contributed by atoms with Gasteiger partial charge in [0.2, 0.25) is 0 Å². The average molecular weight is 489 g/mol. The molecule has 7 nitrogen and oxygen atoms in total. The molecular weight excluding hydrogens is 468 g/mol. The molecule has 35 heavy (non-hydrogen) atoms. The zero-order valence-electron chi connectivity index (χ0n) is 18.9. The number of ether oxygens (including phenoxy) is 3. The van der Waals surface area contributed by atoms with Gasteiger partial charge in [-0.1, -0.05) is 54.1 Å². The van der Waals surface area contributed by atoms with Gasteiger partial charge in [-0.25, -0.2) is 10.2 Å². The van der Waals surface area contributed by atoms with Crippen molar-refractivity contribution in [3.8, 4) is 17.2 Å². The average Bonchev–Trinajstić information content (AvgIpc) is 2.89. The van der Waals surface area contributed by atoms with Gasteiger partial charge in [-0.3, -0.25) is 4.79 Å². The fraction of sp³-hybridized carbons (Fsp3) is 0.0741. The molecule has 0 radical (unpaired) electrons. The van der Waals surface area contributed by atoms with Gasteiger partial charge >= 0.3 is 5.97 Å². The number of methoxy groups -OCH3 is 2. The number of carbonyl (C=O) groups excluding carboxylic acids is 2. The quantitative estimate of drug-likeness (QED) is 0.161. The molecule has 0 aliphatic carbocycles. The van der Waals surface area contributed by atoms with E-state index in [1.54, 1.807) is 48.5 Å². The molecule has 1 N–H and O–H groups in total. The van der Waals surface area contributed by atoms with Crippen LogP contribution in [0.15, 0.2) is 84.0 Å². The molecule has 4 aromatic carbocycles. The van der Waals surface area contributed by atoms with E-state index in [0.717, 1.165) is 10.8 Å². The summed E-state index contributed by atoms with van der Waals surface area (Å²) >= 11 is 6.15. The molecule has 0 saturated carbocycles. The lowest BCUT2D eigenvalue weighted by Crippen LogP contribution is -2.18. The van der Waals surface area contributed by atoms with E-state index in [1.165, 1.54) is 20.4 Å². The predicted octanol–water partition coefficient (Wildman–Crippen LogP) is 5.49. The third-order valence-corrected chi connectivity index (χ3v) is 5.56. The maximum absolute atomic E-state index is 12.8. The number of amides is 1. The van der Waals surface area contributed by atoms with E-state index in [2.05, 4.69) is 10.5 Å². The first kappa shape index (κ1) is 23.8. The predicted molar refractivity (Wildman–Crippen MR) is 135 cm³/mol. The minimum atomic E-state index is -0.602. The van der Waals surface area contributed by atoms with Crippen LogP contribution in [0.4, 0.5) is 0 Å². The molecule has 0 heterocycles. The summed E-state index contributed by atoms with van der Waals surface area (Å²) in [4.78, 5) is 25.4. The van der Waals surface area contributed by atoms with E-state index in [0.29, 0.717) is 22.6 Å². The van der Waals surface area contributed by atoms with E-state index in [1.807, 2.05) is 30.3 Å². The highest BCUT2D eigenvalue weighted by Gasteiger charge is 2.16. The molecule has 176 valence electrons. The largest absolute Gasteiger partial charge is 0.493 e. The monoisotopic (exact) mass is 488 g/mol. The molecule has 0 saturated heterocycles. The summed E-state index contributed by atoms with van der Waals surface area (Å²) in [6.07, 6.45) is 1.44. The Bertz CT molecular complexity index is 1430. The third-order valence-electron chi connectivity index (χ3n) is 5.23. The molecule has 1 amide bonds. The van der Waals surface area contributed by atoms with Crippen LogP contribution in [0.3, 0.4) is 0 Å². The van der Waals surface area contributed by atoms with Crippen LogP contribution in [0.25, 0.3) is 10.8 Å². The summed E-state index contributed by atoms with van der Waals surface area (Å²) in [5.41, 5.74) is 3.60. The second-order valence-corrected chi connectivity index (χ2v) is 7.74. The van der Waals surface area contributed by atoms with Crippen molar-refractivity contribution in [3.63, 3.8) is 0 Å². The van der Waals surface area contributed by atoms with Crippen LogP contribution in [0.1, 0.15) is 26.3 Å². The van der Waals surface area contributed by atoms with Crippen molar-refractivity contribution < 1.29 is 23.8 Å². The number of nitrogens with one attached hydrogen (secondary N) is 1. The Balaban J connectivity index is 1.62. The smallest absolute Gasteiger partial charge is 0.345 e. The molecule has 0 fully saturated rings. The molecular formula is C27H21ClN2O5. The van der Waals surface area contributed by atoms with Crippen LogP contribution in [-0.2, 0) is 0 Å². The van der Waals surface area contributed by atoms with Crippen molar-refractivity contribution in [3.05, 3.63) is 101 Å². The van der Waals surface area contributed by atoms with E-state index in [4.69, 9.17) is 25.8 Å². The Hall–Kier alpha value is -4.36. The Labute approximate surface area is 206 Å². The number of hydrogen-bond acceptors (Lipinski definition) is 6. The summed E-state index contributed by atoms with van der Waals surface area (Å²) in [6.45, 7) is 0. The summed E-state index contributed by atoms with van der Waals surface area (Å²) in [6, 6.07) is 22.5. The summed E-state index contributed by atoms with van der Waals surface area (Å²) in [5.74, 6) is 0.157. The lowest BCUT2D eigenvalue weighted by Gasteiger charge is -2.11. The zero-order chi connectivity index (χ0) is 24.8. The standard InChI is InChI=1S/C27H21ClN2O5/c1-33-24-14-12-18(15-25(24)34-2)26(31)30-29-16-21-19-8-4-3-7-17(19)11-13-23(21)35-27(32)20-9-5-6-10-22(20)28/h3-16H,1-2H3,(H,30,31). The number of esters is 1. The van der Waals surface area contributed by atoms with Gasteiger partial charge in [-0.15, -0.1) is 0 Å². The van der Waals surface area contributed by atoms with Crippen molar-refractivity contribution in [2.24, 2.45) is 5.10 Å². The fourth-order valence-electron chi connectivity index (χ4n) is 3.48. The van der Waals surface area contributed by atoms with Gasteiger partial charge in [-0.2, -0.15) is 5.10 Å². The first-order chi connectivity index (χ1) is 17.0. The Morgan fingerprint density at radius 2 is 1.57 bits per heavy atom. The van der Waals surface area contributed by atoms with Gasteiger partial charge in [0.15, 0.2) is 11.5 Å². The molecule has 0 unspecified atom stereocenters. The van der Waals surface area contributed by atoms with Crippen LogP contribution < -0.4 is 19.6 Å². The molecule has 4 aromatic rings. The first-order valence-corrected chi connectivity index (χ1v) is 10.9. The van der Waals surface area contributed by atoms with Crippen molar-refractivity contribution in [1.29, 1.82) is 0 Å². The number of nitrogens with zero attached hydrogens (tertiary/aromatic N) is 1. The van der Waals surface area contributed by atoms with Crippen LogP contribution >= 0.6 is 11.6 Å². The van der Waals surface area contributed by atoms with Crippen molar-refractivity contribution in [1.82, 2.24) is 5.43 Å². The number of hydrogen-bond donors (Lipinski definition) is 1. The molecule has 0 atom stereocenters. The van der Waals surface area contributed by atoms with E-state index < -0.39 is 11.9 Å². The van der Waals surface area contributed by atoms with Gasteiger partial charge in [0, 0.05) is 11.1 Å². The second kappa shape index (κ2) is 10.7. The molecule has 0 aromatic heterocycles. The number of benzene rings is 4. The van der Waals surface area contributed by atoms with Crippen LogP contribution in [0.5, 0.6) is 17.2 Å². The first-order valence-electron chi connectivity index (χ1n) is 10.6. The minimum absolute atomic E-state index is 0.243. The van der Waals surface area contributed by atoms with Gasteiger partial charge in [0.05, 0.1) is 31.0 Å². The highest BCUT2D eigenvalue weighted by atomic mass is 35.5. The maximum Gasteiger partial charge on any atom is 0.345 e. The fourth-order valence-corrected chi connectivity index (χ4v) is 3.69. The number of halogens is 1. The van der Waals surface area contributed by atoms with Crippen LogP contribution in [-0.4, -0.2) is 32.3 Å². The summed E-state index contributed by atoms with van der Waals surface area (Å²) < 4.78 is 16.1. The highest BCUT2D eigenvalue weighted by Crippen LogP contribution is 2.29. The number of carbonyl (C=O) groups is 2. The highest BCUT2D eigenvalue weighted by molar-refractivity contribution is 6.33. The number of rotatable bonds is 7. The molecule has 0 bridgehead atoms. The summed E-state index contributed by atoms with van der Waals surface area (Å²) in [5, 5.41) is 6.11. The van der Waals surface area contributed by atoms with Crippen LogP contribution in [0.2, 0.25) is 5.02 Å². The van der Waals surface area contributed by atoms with Crippen LogP contribution in [0, 0.1) is 0 Å². The second-order valence-electron chi connectivity index (χ2n) is 7.34. The van der Waals surface area contributed by atoms with Crippen molar-refractivity contribution in [2.45, 2.75) is 0 Å². The minimum Gasteiger partial charge on any atom is -0.493 e. The van der Waals surface area contributed by atoms with E-state index in [-0.39, 0.29) is 16.3 Å². The molecule has 0 aliphatic rings. The Morgan fingerprint density at radius 3 is 2.34 bits per heavy atom. The summed E-state index contributed by atoms with van der Waals surface area (Å²) in [7, 11) is 3.01. The molecule has 4 rings (SSSR count). The van der Waals surface area contributed by atoms with Gasteiger partial charge in [-0.05, 0) is 47.2 Å². The maximum atomic E-state index is 12.8. The van der Waals surface area contributed by atoms with E-state index >= 15 is 0 Å². The Morgan fingerprint density at radius 1 is 0.857 bits per heavy atom. The zero-order valence-corrected chi connectivity index (χ0v) is 19.7. The Kier molecular flexibility index (Phi) is 7.28. The molecule has 8 heteroatoms. The number of fused-ring (bicyclic) bond motifs is 1. The molecule has 0 aliphatic heterocycles. The topological polar surface area (TPSA) is 86.2 Å². The van der Waals surface area contributed by atoms with E-state index in [9.17, 15) is 9.59 Å². The van der Waals surface area contributed by atoms with Gasteiger partial charge < -0.3 is 14.2 Å². The van der Waals surface area contributed by atoms with Crippen molar-refractivity contribution in [2.75, 3.05) is 14.2 Å².